The minimum atomic E-state index is -0.651. The van der Waals surface area contributed by atoms with E-state index in [4.69, 9.17) is 0 Å². The van der Waals surface area contributed by atoms with E-state index < -0.39 is 11.5 Å². The Morgan fingerprint density at radius 1 is 0.982 bits per heavy atom. The van der Waals surface area contributed by atoms with Crippen LogP contribution < -0.4 is 10.6 Å². The number of hydrogen-bond acceptors (Lipinski definition) is 11. The van der Waals surface area contributed by atoms with Crippen LogP contribution in [0.1, 0.15) is 106 Å². The smallest absolute Gasteiger partial charge is 0.236 e. The largest absolute Gasteiger partial charge is 0.368 e. The molecule has 1 saturated carbocycles. The van der Waals surface area contributed by atoms with E-state index in [1.54, 1.807) is 34.7 Å². The van der Waals surface area contributed by atoms with Crippen LogP contribution >= 0.6 is 0 Å². The topological polar surface area (TPSA) is 183 Å². The molecule has 3 aliphatic rings. The van der Waals surface area contributed by atoms with E-state index in [1.165, 1.54) is 31.0 Å². The van der Waals surface area contributed by atoms with E-state index in [9.17, 15) is 20.1 Å². The van der Waals surface area contributed by atoms with Gasteiger partial charge in [-0.25, -0.2) is 14.6 Å². The lowest BCUT2D eigenvalue weighted by Crippen LogP contribution is -2.49. The number of benzene rings is 1. The second kappa shape index (κ2) is 15.6. The van der Waals surface area contributed by atoms with Crippen molar-refractivity contribution in [1.29, 1.82) is 10.5 Å². The number of pyridine rings is 2. The molecule has 1 aromatic carbocycles. The number of rotatable bonds is 10. The van der Waals surface area contributed by atoms with Gasteiger partial charge in [0, 0.05) is 30.0 Å². The Bertz CT molecular complexity index is 2320. The summed E-state index contributed by atoms with van der Waals surface area (Å²) in [4.78, 5) is 36.0. The number of nitriles is 2. The maximum Gasteiger partial charge on any atom is 0.236 e. The number of fused-ring (bicyclic) bond motifs is 1. The van der Waals surface area contributed by atoms with Crippen LogP contribution in [0.25, 0.3) is 22.5 Å². The molecule has 4 aromatic heterocycles. The zero-order valence-electron chi connectivity index (χ0n) is 31.9. The molecule has 5 aromatic rings. The summed E-state index contributed by atoms with van der Waals surface area (Å²) < 4.78 is 3.35. The molecule has 2 aliphatic heterocycles. The minimum Gasteiger partial charge on any atom is -0.368 e. The third kappa shape index (κ3) is 7.49. The van der Waals surface area contributed by atoms with E-state index in [0.717, 1.165) is 62.0 Å². The lowest BCUT2D eigenvalue weighted by molar-refractivity contribution is -0.137. The van der Waals surface area contributed by atoms with E-state index in [1.807, 2.05) is 19.2 Å². The molecule has 0 unspecified atom stereocenters. The SMILES string of the molecule is C[C@H](C#N)Nc1cc(-n2ncc3cc(C#N)cnc32)ncc1-n1cc(C2CCC(CCN3CCC(c4ccc([C@]5(C)CCC(=O)NC5=O)cc4)CC3)CC2)nn1. The highest BCUT2D eigenvalue weighted by atomic mass is 16.2. The molecule has 1 aliphatic carbocycles. The number of imide groups is 1. The molecule has 0 spiro atoms. The molecule has 0 bridgehead atoms. The first-order chi connectivity index (χ1) is 27.2. The summed E-state index contributed by atoms with van der Waals surface area (Å²) in [5.74, 6) is 1.73. The number of hydrogen-bond donors (Lipinski definition) is 2. The maximum absolute atomic E-state index is 12.6. The predicted molar refractivity (Wildman–Crippen MR) is 209 cm³/mol. The van der Waals surface area contributed by atoms with Crippen molar-refractivity contribution in [3.05, 3.63) is 83.6 Å². The lowest BCUT2D eigenvalue weighted by atomic mass is 9.75. The summed E-state index contributed by atoms with van der Waals surface area (Å²) in [5, 5.41) is 38.9. The monoisotopic (exact) mass is 750 g/mol. The first kappa shape index (κ1) is 37.0. The molecule has 2 N–H and O–H groups in total. The fourth-order valence-corrected chi connectivity index (χ4v) is 8.65. The molecular formula is C42H46N12O2. The second-order valence-corrected chi connectivity index (χ2v) is 15.9. The summed E-state index contributed by atoms with van der Waals surface area (Å²) in [5.41, 5.74) is 5.03. The number of carbonyl (C=O) groups excluding carboxylic acids is 2. The van der Waals surface area contributed by atoms with Gasteiger partial charge in [-0.05, 0) is 114 Å². The standard InChI is InChI=1S/C42H46N12O2/c1-27(21-43)48-35-20-38(54-40-33(24-47-54)19-29(22-44)23-46-40)45-25-37(35)53-26-36(50-51-53)32-5-3-28(4-6-32)12-16-52-17-13-31(14-18-52)30-7-9-34(10-8-30)42(2)15-11-39(55)49-41(42)56/h7-10,19-20,23-28,31-32H,3-6,11-18H2,1-2H3,(H,45,48)(H,49,55,56)/t27-,28?,32?,42+/m1/s1. The van der Waals surface area contributed by atoms with Gasteiger partial charge in [-0.3, -0.25) is 14.9 Å². The third-order valence-electron chi connectivity index (χ3n) is 12.3. The second-order valence-electron chi connectivity index (χ2n) is 15.9. The van der Waals surface area contributed by atoms with E-state index >= 15 is 0 Å². The van der Waals surface area contributed by atoms with Gasteiger partial charge in [0.15, 0.2) is 11.5 Å². The molecular weight excluding hydrogens is 705 g/mol. The summed E-state index contributed by atoms with van der Waals surface area (Å²) in [7, 11) is 0. The maximum atomic E-state index is 12.6. The number of amides is 2. The van der Waals surface area contributed by atoms with Crippen molar-refractivity contribution in [2.45, 2.75) is 94.9 Å². The van der Waals surface area contributed by atoms with Crippen molar-refractivity contribution in [3.63, 3.8) is 0 Å². The number of nitrogens with zero attached hydrogens (tertiary/aromatic N) is 10. The van der Waals surface area contributed by atoms with Crippen LogP contribution in [-0.2, 0) is 15.0 Å². The van der Waals surface area contributed by atoms with Gasteiger partial charge in [0.05, 0.1) is 47.0 Å². The fourth-order valence-electron chi connectivity index (χ4n) is 8.65. The van der Waals surface area contributed by atoms with Gasteiger partial charge in [0.2, 0.25) is 11.8 Å². The van der Waals surface area contributed by atoms with Crippen molar-refractivity contribution in [2.75, 3.05) is 25.0 Å². The summed E-state index contributed by atoms with van der Waals surface area (Å²) >= 11 is 0. The Morgan fingerprint density at radius 3 is 2.50 bits per heavy atom. The van der Waals surface area contributed by atoms with Crippen LogP contribution in [0.4, 0.5) is 5.69 Å². The number of piperidine rings is 2. The van der Waals surface area contributed by atoms with Gasteiger partial charge in [-0.2, -0.15) is 20.3 Å². The Kier molecular flexibility index (Phi) is 10.3. The average Bonchev–Trinajstić information content (AvgIpc) is 3.90. The number of likely N-dealkylation sites (tertiary alicyclic amines) is 1. The quantitative estimate of drug-likeness (QED) is 0.164. The Balaban J connectivity index is 0.838. The molecule has 0 radical (unpaired) electrons. The molecule has 6 heterocycles. The highest BCUT2D eigenvalue weighted by Gasteiger charge is 2.40. The average molecular weight is 751 g/mol. The molecule has 2 amide bonds. The highest BCUT2D eigenvalue weighted by molar-refractivity contribution is 6.03. The molecule has 8 rings (SSSR count). The van der Waals surface area contributed by atoms with Crippen LogP contribution in [0.2, 0.25) is 0 Å². The van der Waals surface area contributed by atoms with Crippen molar-refractivity contribution in [2.24, 2.45) is 5.92 Å². The number of nitrogens with one attached hydrogen (secondary N) is 2. The summed E-state index contributed by atoms with van der Waals surface area (Å²) in [6.07, 6.45) is 15.8. The predicted octanol–water partition coefficient (Wildman–Crippen LogP) is 5.83. The van der Waals surface area contributed by atoms with Crippen molar-refractivity contribution in [1.82, 2.24) is 45.0 Å². The van der Waals surface area contributed by atoms with Crippen molar-refractivity contribution < 1.29 is 9.59 Å². The first-order valence-electron chi connectivity index (χ1n) is 19.7. The van der Waals surface area contributed by atoms with Gasteiger partial charge < -0.3 is 10.2 Å². The zero-order valence-corrected chi connectivity index (χ0v) is 31.9. The minimum absolute atomic E-state index is 0.183. The van der Waals surface area contributed by atoms with E-state index in [0.29, 0.717) is 59.0 Å². The van der Waals surface area contributed by atoms with Crippen LogP contribution in [0.3, 0.4) is 0 Å². The molecule has 2 atom stereocenters. The van der Waals surface area contributed by atoms with E-state index in [-0.39, 0.29) is 11.8 Å². The van der Waals surface area contributed by atoms with Gasteiger partial charge in [0.1, 0.15) is 17.8 Å². The Hall–Kier alpha value is -5.99. The van der Waals surface area contributed by atoms with E-state index in [2.05, 4.69) is 77.3 Å². The number of anilines is 1. The molecule has 14 heteroatoms. The molecule has 56 heavy (non-hydrogen) atoms. The Morgan fingerprint density at radius 2 is 1.77 bits per heavy atom. The normalized spacial score (nSPS) is 22.6. The molecule has 14 nitrogen and oxygen atoms in total. The van der Waals surface area contributed by atoms with Gasteiger partial charge in [0.25, 0.3) is 0 Å². The van der Waals surface area contributed by atoms with Crippen molar-refractivity contribution >= 4 is 28.5 Å². The van der Waals surface area contributed by atoms with Gasteiger partial charge in [-0.15, -0.1) is 5.10 Å². The van der Waals surface area contributed by atoms with Crippen LogP contribution in [0.15, 0.2) is 61.2 Å². The van der Waals surface area contributed by atoms with Gasteiger partial charge >= 0.3 is 0 Å². The Labute approximate surface area is 325 Å². The lowest BCUT2D eigenvalue weighted by Gasteiger charge is -2.35. The fraction of sp³-hybridized carbons (Fsp3) is 0.452. The first-order valence-corrected chi connectivity index (χ1v) is 19.7. The van der Waals surface area contributed by atoms with Crippen molar-refractivity contribution in [3.8, 4) is 23.6 Å². The van der Waals surface area contributed by atoms with Crippen LogP contribution in [0.5, 0.6) is 0 Å². The molecule has 2 saturated heterocycles. The zero-order chi connectivity index (χ0) is 38.8. The summed E-state index contributed by atoms with van der Waals surface area (Å²) in [6, 6.07) is 16.0. The number of carbonyl (C=O) groups is 2. The molecule has 286 valence electrons. The van der Waals surface area contributed by atoms with Crippen LogP contribution in [0, 0.1) is 28.6 Å². The third-order valence-corrected chi connectivity index (χ3v) is 12.3. The summed E-state index contributed by atoms with van der Waals surface area (Å²) in [6.45, 7) is 7.07. The molecule has 3 fully saturated rings. The van der Waals surface area contributed by atoms with Crippen LogP contribution in [-0.4, -0.2) is 77.1 Å². The number of aromatic nitrogens is 7. The van der Waals surface area contributed by atoms with Gasteiger partial charge in [-0.1, -0.05) is 29.5 Å². The highest BCUT2D eigenvalue weighted by Crippen LogP contribution is 2.38.